The molecule has 0 saturated heterocycles. The summed E-state index contributed by atoms with van der Waals surface area (Å²) in [4.78, 5) is 0. The van der Waals surface area contributed by atoms with E-state index in [1.165, 1.54) is 33.4 Å². The van der Waals surface area contributed by atoms with Gasteiger partial charge in [-0.2, -0.15) is 0 Å². The smallest absolute Gasteiger partial charge is 0.0932 e. The Balaban J connectivity index is 2.00. The van der Waals surface area contributed by atoms with E-state index in [0.717, 1.165) is 0 Å². The van der Waals surface area contributed by atoms with E-state index < -0.39 is 5.54 Å². The topological polar surface area (TPSA) is 26.0 Å². The standard InChI is InChI=1S/C20H15N/c21-20-16-10-4-1-7-13(16)19(14-8-2-5-11-17(14)20)15-9-3-6-12-18(15)20/h1-12,19H,21H2. The fraction of sp³-hybridized carbons (Fsp3) is 0.100. The highest BCUT2D eigenvalue weighted by atomic mass is 14.8. The average molecular weight is 269 g/mol. The molecular weight excluding hydrogens is 254 g/mol. The lowest BCUT2D eigenvalue weighted by atomic mass is 9.57. The molecule has 0 aromatic heterocycles. The first-order valence-electron chi connectivity index (χ1n) is 7.39. The lowest BCUT2D eigenvalue weighted by Gasteiger charge is -2.48. The molecule has 0 aliphatic heterocycles. The van der Waals surface area contributed by atoms with Gasteiger partial charge in [-0.15, -0.1) is 0 Å². The number of hydrogen-bond acceptors (Lipinski definition) is 1. The van der Waals surface area contributed by atoms with Gasteiger partial charge in [0.1, 0.15) is 0 Å². The van der Waals surface area contributed by atoms with Gasteiger partial charge >= 0.3 is 0 Å². The molecule has 100 valence electrons. The van der Waals surface area contributed by atoms with Gasteiger partial charge in [-0.05, 0) is 33.4 Å². The summed E-state index contributed by atoms with van der Waals surface area (Å²) in [5, 5.41) is 0. The Labute approximate surface area is 124 Å². The second-order valence-corrected chi connectivity index (χ2v) is 6.00. The Morgan fingerprint density at radius 1 is 0.571 bits per heavy atom. The molecule has 3 aromatic carbocycles. The first-order valence-corrected chi connectivity index (χ1v) is 7.39. The highest BCUT2D eigenvalue weighted by molar-refractivity contribution is 5.70. The minimum Gasteiger partial charge on any atom is -0.314 e. The van der Waals surface area contributed by atoms with Gasteiger partial charge in [0.25, 0.3) is 0 Å². The van der Waals surface area contributed by atoms with E-state index in [-0.39, 0.29) is 0 Å². The van der Waals surface area contributed by atoms with E-state index >= 15 is 0 Å². The molecule has 2 N–H and O–H groups in total. The lowest BCUT2D eigenvalue weighted by molar-refractivity contribution is 0.566. The SMILES string of the molecule is NC12c3ccccc3C(c3ccccc31)c1ccccc12. The van der Waals surface area contributed by atoms with Crippen LogP contribution in [0.15, 0.2) is 72.8 Å². The zero-order valence-electron chi connectivity index (χ0n) is 11.6. The molecule has 21 heavy (non-hydrogen) atoms. The van der Waals surface area contributed by atoms with E-state index in [9.17, 15) is 0 Å². The first-order chi connectivity index (χ1) is 10.3. The molecule has 0 heterocycles. The Kier molecular flexibility index (Phi) is 1.95. The van der Waals surface area contributed by atoms with Crippen molar-refractivity contribution in [3.63, 3.8) is 0 Å². The molecule has 0 saturated carbocycles. The number of hydrogen-bond donors (Lipinski definition) is 1. The maximum Gasteiger partial charge on any atom is 0.0932 e. The van der Waals surface area contributed by atoms with Crippen molar-refractivity contribution < 1.29 is 0 Å². The fourth-order valence-corrected chi connectivity index (χ4v) is 4.26. The van der Waals surface area contributed by atoms with Crippen LogP contribution in [0.2, 0.25) is 0 Å². The van der Waals surface area contributed by atoms with E-state index in [0.29, 0.717) is 5.92 Å². The Bertz CT molecular complexity index is 763. The number of rotatable bonds is 0. The quantitative estimate of drug-likeness (QED) is 0.661. The summed E-state index contributed by atoms with van der Waals surface area (Å²) in [5.41, 5.74) is 14.4. The van der Waals surface area contributed by atoms with Crippen LogP contribution in [0.1, 0.15) is 39.3 Å². The molecular formula is C20H15N. The van der Waals surface area contributed by atoms with Crippen LogP contribution in [0.3, 0.4) is 0 Å². The highest BCUT2D eigenvalue weighted by Crippen LogP contribution is 2.56. The normalized spacial score (nSPS) is 24.1. The van der Waals surface area contributed by atoms with E-state index in [1.54, 1.807) is 0 Å². The van der Waals surface area contributed by atoms with Crippen LogP contribution in [-0.4, -0.2) is 0 Å². The Morgan fingerprint density at radius 3 is 1.29 bits per heavy atom. The van der Waals surface area contributed by atoms with Crippen molar-refractivity contribution in [3.05, 3.63) is 106 Å². The summed E-state index contributed by atoms with van der Waals surface area (Å²) in [7, 11) is 0. The van der Waals surface area contributed by atoms with Crippen molar-refractivity contribution in [1.29, 1.82) is 0 Å². The summed E-state index contributed by atoms with van der Waals surface area (Å²) in [6.07, 6.45) is 0. The van der Waals surface area contributed by atoms with Crippen molar-refractivity contribution in [2.24, 2.45) is 5.73 Å². The van der Waals surface area contributed by atoms with Crippen LogP contribution < -0.4 is 5.73 Å². The minimum atomic E-state index is -0.515. The molecule has 0 spiro atoms. The minimum absolute atomic E-state index is 0.319. The molecule has 0 atom stereocenters. The largest absolute Gasteiger partial charge is 0.314 e. The van der Waals surface area contributed by atoms with E-state index in [2.05, 4.69) is 72.8 Å². The van der Waals surface area contributed by atoms with Crippen molar-refractivity contribution >= 4 is 0 Å². The van der Waals surface area contributed by atoms with Crippen molar-refractivity contribution in [1.82, 2.24) is 0 Å². The molecule has 0 fully saturated rings. The predicted octanol–water partition coefficient (Wildman–Crippen LogP) is 3.74. The zero-order chi connectivity index (χ0) is 14.0. The molecule has 3 aromatic rings. The second-order valence-electron chi connectivity index (χ2n) is 6.00. The van der Waals surface area contributed by atoms with Crippen molar-refractivity contribution in [2.75, 3.05) is 0 Å². The molecule has 1 nitrogen and oxygen atoms in total. The van der Waals surface area contributed by atoms with Crippen molar-refractivity contribution in [3.8, 4) is 0 Å². The number of nitrogens with two attached hydrogens (primary N) is 1. The molecule has 3 aliphatic carbocycles. The van der Waals surface area contributed by atoms with Crippen molar-refractivity contribution in [2.45, 2.75) is 11.5 Å². The van der Waals surface area contributed by atoms with Gasteiger partial charge in [-0.3, -0.25) is 0 Å². The molecule has 3 aliphatic rings. The van der Waals surface area contributed by atoms with Gasteiger partial charge in [0.2, 0.25) is 0 Å². The fourth-order valence-electron chi connectivity index (χ4n) is 4.26. The van der Waals surface area contributed by atoms with Crippen LogP contribution in [0.4, 0.5) is 0 Å². The third kappa shape index (κ3) is 1.17. The van der Waals surface area contributed by atoms with Crippen LogP contribution in [0, 0.1) is 0 Å². The van der Waals surface area contributed by atoms with Crippen LogP contribution in [-0.2, 0) is 5.54 Å². The second kappa shape index (κ2) is 3.63. The summed E-state index contributed by atoms with van der Waals surface area (Å²) in [6.45, 7) is 0. The third-order valence-electron chi connectivity index (χ3n) is 5.09. The van der Waals surface area contributed by atoms with Gasteiger partial charge in [0.15, 0.2) is 0 Å². The molecule has 6 rings (SSSR count). The monoisotopic (exact) mass is 269 g/mol. The van der Waals surface area contributed by atoms with Gasteiger partial charge < -0.3 is 5.73 Å². The average Bonchev–Trinajstić information content (AvgIpc) is 2.56. The summed E-state index contributed by atoms with van der Waals surface area (Å²) in [6, 6.07) is 25.9. The first kappa shape index (κ1) is 11.3. The third-order valence-corrected chi connectivity index (χ3v) is 5.09. The highest BCUT2D eigenvalue weighted by Gasteiger charge is 2.48. The lowest BCUT2D eigenvalue weighted by Crippen LogP contribution is -2.48. The molecule has 1 heteroatoms. The van der Waals surface area contributed by atoms with Crippen LogP contribution >= 0.6 is 0 Å². The summed E-state index contributed by atoms with van der Waals surface area (Å²) < 4.78 is 0. The molecule has 2 bridgehead atoms. The molecule has 0 radical (unpaired) electrons. The maximum absolute atomic E-state index is 7.03. The predicted molar refractivity (Wildman–Crippen MR) is 84.3 cm³/mol. The van der Waals surface area contributed by atoms with Gasteiger partial charge in [-0.25, -0.2) is 0 Å². The Hall–Kier alpha value is -2.38. The van der Waals surface area contributed by atoms with Gasteiger partial charge in [-0.1, -0.05) is 72.8 Å². The van der Waals surface area contributed by atoms with Crippen LogP contribution in [0.25, 0.3) is 0 Å². The summed E-state index contributed by atoms with van der Waals surface area (Å²) >= 11 is 0. The summed E-state index contributed by atoms with van der Waals surface area (Å²) in [5.74, 6) is 0.319. The van der Waals surface area contributed by atoms with E-state index in [4.69, 9.17) is 5.73 Å². The molecule has 0 amide bonds. The van der Waals surface area contributed by atoms with Crippen LogP contribution in [0.5, 0.6) is 0 Å². The van der Waals surface area contributed by atoms with Gasteiger partial charge in [0.05, 0.1) is 5.54 Å². The Morgan fingerprint density at radius 2 is 0.905 bits per heavy atom. The van der Waals surface area contributed by atoms with E-state index in [1.807, 2.05) is 0 Å². The van der Waals surface area contributed by atoms with Gasteiger partial charge in [0, 0.05) is 5.92 Å². The zero-order valence-corrected chi connectivity index (χ0v) is 11.6. The number of benzene rings is 3. The maximum atomic E-state index is 7.03. The molecule has 0 unspecified atom stereocenters.